The third-order valence-corrected chi connectivity index (χ3v) is 4.30. The first-order valence-electron chi connectivity index (χ1n) is 8.48. The van der Waals surface area contributed by atoms with E-state index >= 15 is 0 Å². The number of morpholine rings is 1. The summed E-state index contributed by atoms with van der Waals surface area (Å²) in [5.74, 6) is 0.447. The molecule has 0 unspecified atom stereocenters. The number of hydrogen-bond acceptors (Lipinski definition) is 4. The Bertz CT molecular complexity index is 746. The first kappa shape index (κ1) is 17.5. The van der Waals surface area contributed by atoms with E-state index in [4.69, 9.17) is 4.74 Å². The molecule has 1 aromatic carbocycles. The van der Waals surface area contributed by atoms with E-state index in [1.807, 2.05) is 19.9 Å². The van der Waals surface area contributed by atoms with Gasteiger partial charge in [0.2, 0.25) is 5.91 Å². The maximum absolute atomic E-state index is 13.7. The van der Waals surface area contributed by atoms with Crippen molar-refractivity contribution in [1.29, 1.82) is 0 Å². The molecule has 1 fully saturated rings. The molecule has 0 saturated carbocycles. The fourth-order valence-electron chi connectivity index (χ4n) is 3.07. The summed E-state index contributed by atoms with van der Waals surface area (Å²) in [6, 6.07) is 8.47. The van der Waals surface area contributed by atoms with Crippen LogP contribution in [0.25, 0.3) is 0 Å². The lowest BCUT2D eigenvalue weighted by Crippen LogP contribution is -2.42. The minimum absolute atomic E-state index is 0.0130. The van der Waals surface area contributed by atoms with E-state index in [0.29, 0.717) is 37.5 Å². The number of carbonyl (C=O) groups excluding carboxylic acids is 1. The molecule has 25 heavy (non-hydrogen) atoms. The lowest BCUT2D eigenvalue weighted by atomic mass is 10.1. The zero-order valence-electron chi connectivity index (χ0n) is 14.5. The Hall–Kier alpha value is -2.34. The van der Waals surface area contributed by atoms with Crippen LogP contribution < -0.4 is 0 Å². The van der Waals surface area contributed by atoms with Gasteiger partial charge in [-0.3, -0.25) is 4.79 Å². The minimum Gasteiger partial charge on any atom is -0.368 e. The summed E-state index contributed by atoms with van der Waals surface area (Å²) >= 11 is 0. The van der Waals surface area contributed by atoms with Gasteiger partial charge in [0.05, 0.1) is 18.8 Å². The number of carbonyl (C=O) groups is 1. The molecule has 0 spiro atoms. The Morgan fingerprint density at radius 1 is 1.32 bits per heavy atom. The summed E-state index contributed by atoms with van der Waals surface area (Å²) in [7, 11) is 0. The summed E-state index contributed by atoms with van der Waals surface area (Å²) in [6.45, 7) is 5.24. The van der Waals surface area contributed by atoms with Gasteiger partial charge in [-0.15, -0.1) is 0 Å². The highest BCUT2D eigenvalue weighted by atomic mass is 19.1. The van der Waals surface area contributed by atoms with Crippen LogP contribution >= 0.6 is 0 Å². The molecule has 1 aliphatic rings. The van der Waals surface area contributed by atoms with Gasteiger partial charge in [0.15, 0.2) is 0 Å². The first-order valence-corrected chi connectivity index (χ1v) is 8.48. The lowest BCUT2D eigenvalue weighted by molar-refractivity contribution is -0.139. The van der Waals surface area contributed by atoms with Crippen LogP contribution in [0, 0.1) is 19.7 Å². The lowest BCUT2D eigenvalue weighted by Gasteiger charge is -2.33. The van der Waals surface area contributed by atoms with Crippen molar-refractivity contribution in [2.24, 2.45) is 0 Å². The predicted octanol–water partition coefficient (Wildman–Crippen LogP) is 2.77. The van der Waals surface area contributed by atoms with Crippen molar-refractivity contribution in [3.63, 3.8) is 0 Å². The van der Waals surface area contributed by atoms with Gasteiger partial charge < -0.3 is 9.64 Å². The normalized spacial score (nSPS) is 17.6. The quantitative estimate of drug-likeness (QED) is 0.857. The Morgan fingerprint density at radius 3 is 2.88 bits per heavy atom. The third kappa shape index (κ3) is 4.39. The van der Waals surface area contributed by atoms with Crippen LogP contribution in [0.1, 0.15) is 35.3 Å². The smallest absolute Gasteiger partial charge is 0.223 e. The monoisotopic (exact) mass is 343 g/mol. The highest BCUT2D eigenvalue weighted by Crippen LogP contribution is 2.22. The van der Waals surface area contributed by atoms with Gasteiger partial charge in [-0.1, -0.05) is 18.2 Å². The van der Waals surface area contributed by atoms with E-state index in [1.54, 1.807) is 23.1 Å². The van der Waals surface area contributed by atoms with Crippen LogP contribution in [-0.4, -0.2) is 40.5 Å². The van der Waals surface area contributed by atoms with Crippen molar-refractivity contribution in [3.05, 3.63) is 58.9 Å². The maximum Gasteiger partial charge on any atom is 0.223 e. The van der Waals surface area contributed by atoms with Gasteiger partial charge in [-0.2, -0.15) is 0 Å². The van der Waals surface area contributed by atoms with Crippen LogP contribution in [-0.2, 0) is 16.0 Å². The van der Waals surface area contributed by atoms with E-state index in [2.05, 4.69) is 9.97 Å². The molecule has 5 nitrogen and oxygen atoms in total. The molecule has 1 amide bonds. The van der Waals surface area contributed by atoms with Crippen molar-refractivity contribution < 1.29 is 13.9 Å². The molecule has 132 valence electrons. The van der Waals surface area contributed by atoms with Crippen molar-refractivity contribution in [1.82, 2.24) is 14.9 Å². The van der Waals surface area contributed by atoms with Crippen molar-refractivity contribution in [2.45, 2.75) is 32.8 Å². The number of benzene rings is 1. The molecule has 1 saturated heterocycles. The number of ether oxygens (including phenoxy) is 1. The van der Waals surface area contributed by atoms with E-state index in [0.717, 1.165) is 11.4 Å². The van der Waals surface area contributed by atoms with E-state index in [1.165, 1.54) is 6.07 Å². The molecule has 0 N–H and O–H groups in total. The zero-order valence-corrected chi connectivity index (χ0v) is 14.5. The summed E-state index contributed by atoms with van der Waals surface area (Å²) in [5.41, 5.74) is 2.26. The highest BCUT2D eigenvalue weighted by molar-refractivity contribution is 5.76. The summed E-state index contributed by atoms with van der Waals surface area (Å²) in [5, 5.41) is 0. The van der Waals surface area contributed by atoms with Gasteiger partial charge in [0, 0.05) is 18.7 Å². The minimum atomic E-state index is -0.262. The second-order valence-electron chi connectivity index (χ2n) is 6.27. The molecule has 0 aliphatic carbocycles. The third-order valence-electron chi connectivity index (χ3n) is 4.30. The predicted molar refractivity (Wildman–Crippen MR) is 91.5 cm³/mol. The van der Waals surface area contributed by atoms with Crippen LogP contribution in [0.2, 0.25) is 0 Å². The van der Waals surface area contributed by atoms with Gasteiger partial charge in [-0.05, 0) is 38.0 Å². The van der Waals surface area contributed by atoms with Gasteiger partial charge in [0.1, 0.15) is 17.7 Å². The number of aromatic nitrogens is 2. The average molecular weight is 343 g/mol. The molecule has 0 radical (unpaired) electrons. The molecular weight excluding hydrogens is 321 g/mol. The molecule has 2 heterocycles. The summed E-state index contributed by atoms with van der Waals surface area (Å²) < 4.78 is 19.5. The topological polar surface area (TPSA) is 55.3 Å². The molecule has 1 atom stereocenters. The number of nitrogens with zero attached hydrogens (tertiary/aromatic N) is 3. The van der Waals surface area contributed by atoms with Crippen molar-refractivity contribution in [3.8, 4) is 0 Å². The van der Waals surface area contributed by atoms with E-state index in [-0.39, 0.29) is 24.2 Å². The molecular formula is C19H22FN3O2. The number of rotatable bonds is 4. The second kappa shape index (κ2) is 7.70. The molecule has 1 aliphatic heterocycles. The SMILES string of the molecule is Cc1cc([C@H]2CN(C(=O)CCc3ccccc3F)CCO2)nc(C)n1. The Morgan fingerprint density at radius 2 is 2.12 bits per heavy atom. The number of amides is 1. The molecule has 2 aromatic rings. The molecule has 0 bridgehead atoms. The highest BCUT2D eigenvalue weighted by Gasteiger charge is 2.26. The van der Waals surface area contributed by atoms with Gasteiger partial charge >= 0.3 is 0 Å². The number of halogens is 1. The van der Waals surface area contributed by atoms with Crippen LogP contribution in [0.3, 0.4) is 0 Å². The van der Waals surface area contributed by atoms with Crippen LogP contribution in [0.5, 0.6) is 0 Å². The summed E-state index contributed by atoms with van der Waals surface area (Å²) in [4.78, 5) is 23.0. The molecule has 6 heteroatoms. The van der Waals surface area contributed by atoms with Crippen LogP contribution in [0.15, 0.2) is 30.3 Å². The number of hydrogen-bond donors (Lipinski definition) is 0. The largest absolute Gasteiger partial charge is 0.368 e. The second-order valence-corrected chi connectivity index (χ2v) is 6.27. The van der Waals surface area contributed by atoms with E-state index in [9.17, 15) is 9.18 Å². The Labute approximate surface area is 146 Å². The van der Waals surface area contributed by atoms with Gasteiger partial charge in [-0.25, -0.2) is 14.4 Å². The fourth-order valence-corrected chi connectivity index (χ4v) is 3.07. The molecule has 3 rings (SSSR count). The van der Waals surface area contributed by atoms with E-state index < -0.39 is 0 Å². The maximum atomic E-state index is 13.7. The Balaban J connectivity index is 1.62. The molecule has 1 aromatic heterocycles. The van der Waals surface area contributed by atoms with Crippen LogP contribution in [0.4, 0.5) is 4.39 Å². The number of aryl methyl sites for hydroxylation is 3. The summed E-state index contributed by atoms with van der Waals surface area (Å²) in [6.07, 6.45) is 0.445. The average Bonchev–Trinajstić information content (AvgIpc) is 2.60. The standard InChI is InChI=1S/C19H22FN3O2/c1-13-11-17(22-14(2)21-13)18-12-23(9-10-25-18)19(24)8-7-15-5-3-4-6-16(15)20/h3-6,11,18H,7-10,12H2,1-2H3/t18-/m1/s1. The van der Waals surface area contributed by atoms with Gasteiger partial charge in [0.25, 0.3) is 0 Å². The zero-order chi connectivity index (χ0) is 17.8. The fraction of sp³-hybridized carbons (Fsp3) is 0.421. The first-order chi connectivity index (χ1) is 12.0. The van der Waals surface area contributed by atoms with Crippen molar-refractivity contribution >= 4 is 5.91 Å². The van der Waals surface area contributed by atoms with Crippen molar-refractivity contribution in [2.75, 3.05) is 19.7 Å². The Kier molecular flexibility index (Phi) is 5.38.